The maximum absolute atomic E-state index is 11.4. The smallest absolute Gasteiger partial charge is 0.329 e. The van der Waals surface area contributed by atoms with Crippen LogP contribution in [0.15, 0.2) is 17.2 Å². The number of aliphatic carboxylic acids is 1. The second-order valence-electron chi connectivity index (χ2n) is 3.49. The number of carboxylic acids is 1. The number of anilines is 1. The predicted molar refractivity (Wildman–Crippen MR) is 59.4 cm³/mol. The third-order valence-corrected chi connectivity index (χ3v) is 2.68. The van der Waals surface area contributed by atoms with E-state index in [9.17, 15) is 14.7 Å². The van der Waals surface area contributed by atoms with Crippen molar-refractivity contribution < 1.29 is 9.90 Å². The Labute approximate surface area is 92.7 Å². The summed E-state index contributed by atoms with van der Waals surface area (Å²) in [6.45, 7) is 3.50. The van der Waals surface area contributed by atoms with Gasteiger partial charge in [0.1, 0.15) is 5.54 Å². The van der Waals surface area contributed by atoms with Crippen molar-refractivity contribution in [2.75, 3.05) is 5.32 Å². The van der Waals surface area contributed by atoms with Crippen molar-refractivity contribution in [2.45, 2.75) is 32.2 Å². The Morgan fingerprint density at radius 3 is 2.62 bits per heavy atom. The molecule has 0 unspecified atom stereocenters. The van der Waals surface area contributed by atoms with Gasteiger partial charge < -0.3 is 15.4 Å². The van der Waals surface area contributed by atoms with Crippen molar-refractivity contribution in [2.24, 2.45) is 0 Å². The Morgan fingerprint density at radius 1 is 1.56 bits per heavy atom. The Kier molecular flexibility index (Phi) is 3.65. The summed E-state index contributed by atoms with van der Waals surface area (Å²) in [5.74, 6) is -0.948. The molecule has 0 amide bonds. The third kappa shape index (κ3) is 2.21. The lowest BCUT2D eigenvalue weighted by Crippen LogP contribution is -2.46. The fourth-order valence-corrected chi connectivity index (χ4v) is 1.45. The van der Waals surface area contributed by atoms with Crippen LogP contribution in [0, 0.1) is 0 Å². The highest BCUT2D eigenvalue weighted by Crippen LogP contribution is 2.19. The van der Waals surface area contributed by atoms with E-state index in [1.165, 1.54) is 12.4 Å². The minimum atomic E-state index is -1.14. The summed E-state index contributed by atoms with van der Waals surface area (Å²) >= 11 is 0. The van der Waals surface area contributed by atoms with Gasteiger partial charge in [0.15, 0.2) is 5.82 Å². The van der Waals surface area contributed by atoms with Crippen molar-refractivity contribution in [3.05, 3.63) is 22.7 Å². The molecule has 3 N–H and O–H groups in total. The molecule has 0 aromatic carbocycles. The van der Waals surface area contributed by atoms with Crippen LogP contribution in [0.3, 0.4) is 0 Å². The number of hydrogen-bond donors (Lipinski definition) is 3. The van der Waals surface area contributed by atoms with Gasteiger partial charge in [-0.15, -0.1) is 0 Å². The molecule has 0 bridgehead atoms. The molecule has 6 heteroatoms. The van der Waals surface area contributed by atoms with Gasteiger partial charge in [-0.1, -0.05) is 13.8 Å². The fraction of sp³-hybridized carbons (Fsp3) is 0.500. The summed E-state index contributed by atoms with van der Waals surface area (Å²) < 4.78 is 0. The molecule has 0 fully saturated rings. The van der Waals surface area contributed by atoms with Gasteiger partial charge >= 0.3 is 5.97 Å². The number of nitrogens with zero attached hydrogens (tertiary/aromatic N) is 1. The van der Waals surface area contributed by atoms with Gasteiger partial charge in [-0.3, -0.25) is 4.79 Å². The van der Waals surface area contributed by atoms with Crippen molar-refractivity contribution in [1.29, 1.82) is 0 Å². The zero-order chi connectivity index (χ0) is 12.2. The molecular weight excluding hydrogens is 210 g/mol. The summed E-state index contributed by atoms with van der Waals surface area (Å²) in [5.41, 5.74) is -1.56. The molecule has 0 saturated heterocycles. The standard InChI is InChI=1S/C10H15N3O3/c1-3-10(4-2,9(15)16)13-7-8(14)12-6-5-11-7/h5-6H,3-4H2,1-2H3,(H,11,13)(H,12,14)(H,15,16). The monoisotopic (exact) mass is 225 g/mol. The molecule has 16 heavy (non-hydrogen) atoms. The van der Waals surface area contributed by atoms with Crippen LogP contribution in [0.4, 0.5) is 5.82 Å². The zero-order valence-electron chi connectivity index (χ0n) is 9.28. The quantitative estimate of drug-likeness (QED) is 0.689. The molecule has 0 spiro atoms. The maximum atomic E-state index is 11.4. The lowest BCUT2D eigenvalue weighted by molar-refractivity contribution is -0.142. The number of H-pyrrole nitrogens is 1. The van der Waals surface area contributed by atoms with Crippen molar-refractivity contribution in [3.63, 3.8) is 0 Å². The largest absolute Gasteiger partial charge is 0.480 e. The van der Waals surface area contributed by atoms with Crippen LogP contribution in [-0.4, -0.2) is 26.6 Å². The van der Waals surface area contributed by atoms with Gasteiger partial charge in [-0.05, 0) is 12.8 Å². The lowest BCUT2D eigenvalue weighted by Gasteiger charge is -2.27. The van der Waals surface area contributed by atoms with Gasteiger partial charge in [0.25, 0.3) is 5.56 Å². The Morgan fingerprint density at radius 2 is 2.19 bits per heavy atom. The molecular formula is C10H15N3O3. The molecule has 0 aliphatic heterocycles. The molecule has 88 valence electrons. The van der Waals surface area contributed by atoms with Crippen LogP contribution in [0.5, 0.6) is 0 Å². The van der Waals surface area contributed by atoms with Crippen LogP contribution in [0.1, 0.15) is 26.7 Å². The van der Waals surface area contributed by atoms with Crippen LogP contribution >= 0.6 is 0 Å². The molecule has 1 heterocycles. The molecule has 1 rings (SSSR count). The van der Waals surface area contributed by atoms with E-state index in [1.807, 2.05) is 0 Å². The molecule has 0 aliphatic carbocycles. The number of carbonyl (C=O) groups is 1. The summed E-state index contributed by atoms with van der Waals surface area (Å²) in [7, 11) is 0. The van der Waals surface area contributed by atoms with E-state index in [2.05, 4.69) is 15.3 Å². The van der Waals surface area contributed by atoms with Crippen molar-refractivity contribution >= 4 is 11.8 Å². The Balaban J connectivity index is 3.06. The van der Waals surface area contributed by atoms with E-state index >= 15 is 0 Å². The minimum absolute atomic E-state index is 0.0357. The predicted octanol–water partition coefficient (Wildman–Crippen LogP) is 0.825. The maximum Gasteiger partial charge on any atom is 0.329 e. The van der Waals surface area contributed by atoms with E-state index in [0.717, 1.165) is 0 Å². The highest BCUT2D eigenvalue weighted by atomic mass is 16.4. The van der Waals surface area contributed by atoms with Crippen molar-refractivity contribution in [1.82, 2.24) is 9.97 Å². The average molecular weight is 225 g/mol. The lowest BCUT2D eigenvalue weighted by atomic mass is 9.93. The summed E-state index contributed by atoms with van der Waals surface area (Å²) in [5, 5.41) is 11.9. The van der Waals surface area contributed by atoms with Gasteiger partial charge in [0.05, 0.1) is 0 Å². The van der Waals surface area contributed by atoms with E-state index in [4.69, 9.17) is 0 Å². The Hall–Kier alpha value is -1.85. The molecule has 0 aliphatic rings. The average Bonchev–Trinajstić information content (AvgIpc) is 2.28. The van der Waals surface area contributed by atoms with Gasteiger partial charge in [0.2, 0.25) is 0 Å². The SMILES string of the molecule is CCC(CC)(Nc1ncc[nH]c1=O)C(=O)O. The summed E-state index contributed by atoms with van der Waals surface area (Å²) in [6, 6.07) is 0. The number of aromatic nitrogens is 2. The number of hydrogen-bond acceptors (Lipinski definition) is 4. The summed E-state index contributed by atoms with van der Waals surface area (Å²) in [6.07, 6.45) is 3.54. The van der Waals surface area contributed by atoms with Crippen LogP contribution in [0.2, 0.25) is 0 Å². The first kappa shape index (κ1) is 12.2. The van der Waals surface area contributed by atoms with Gasteiger partial charge in [-0.2, -0.15) is 0 Å². The molecule has 6 nitrogen and oxygen atoms in total. The van der Waals surface area contributed by atoms with Crippen molar-refractivity contribution in [3.8, 4) is 0 Å². The summed E-state index contributed by atoms with van der Waals surface area (Å²) in [4.78, 5) is 28.8. The van der Waals surface area contributed by atoms with E-state index in [0.29, 0.717) is 12.8 Å². The van der Waals surface area contributed by atoms with Crippen LogP contribution in [0.25, 0.3) is 0 Å². The van der Waals surface area contributed by atoms with Crippen LogP contribution in [-0.2, 0) is 4.79 Å². The first-order valence-corrected chi connectivity index (χ1v) is 5.11. The first-order valence-electron chi connectivity index (χ1n) is 5.11. The minimum Gasteiger partial charge on any atom is -0.480 e. The van der Waals surface area contributed by atoms with Crippen LogP contribution < -0.4 is 10.9 Å². The van der Waals surface area contributed by atoms with E-state index in [1.54, 1.807) is 13.8 Å². The van der Waals surface area contributed by atoms with Gasteiger partial charge in [0, 0.05) is 12.4 Å². The third-order valence-electron chi connectivity index (χ3n) is 2.68. The fourth-order valence-electron chi connectivity index (χ4n) is 1.45. The number of carboxylic acid groups (broad SMARTS) is 1. The molecule has 0 atom stereocenters. The molecule has 1 aromatic heterocycles. The highest BCUT2D eigenvalue weighted by molar-refractivity contribution is 5.82. The van der Waals surface area contributed by atoms with E-state index in [-0.39, 0.29) is 5.82 Å². The van der Waals surface area contributed by atoms with Gasteiger partial charge in [-0.25, -0.2) is 9.78 Å². The molecule has 1 aromatic rings. The topological polar surface area (TPSA) is 95.1 Å². The highest BCUT2D eigenvalue weighted by Gasteiger charge is 2.35. The number of aromatic amines is 1. The number of nitrogens with one attached hydrogen (secondary N) is 2. The normalized spacial score (nSPS) is 11.1. The second kappa shape index (κ2) is 4.78. The molecule has 0 saturated carbocycles. The second-order valence-corrected chi connectivity index (χ2v) is 3.49. The molecule has 0 radical (unpaired) electrons. The first-order chi connectivity index (χ1) is 7.55. The zero-order valence-corrected chi connectivity index (χ0v) is 9.28. The number of rotatable bonds is 5. The Bertz CT molecular complexity index is 423. The van der Waals surface area contributed by atoms with E-state index < -0.39 is 17.1 Å².